The molecule has 0 bridgehead atoms. The fraction of sp³-hybridized carbons (Fsp3) is 0.438. The van der Waals surface area contributed by atoms with Crippen LogP contribution < -0.4 is 9.47 Å². The predicted molar refractivity (Wildman–Crippen MR) is 140 cm³/mol. The number of aryl methyl sites for hydroxylation is 1. The van der Waals surface area contributed by atoms with Gasteiger partial charge in [0.25, 0.3) is 0 Å². The third kappa shape index (κ3) is 5.50. The summed E-state index contributed by atoms with van der Waals surface area (Å²) in [5.74, 6) is -4.24. The van der Waals surface area contributed by atoms with E-state index in [0.717, 1.165) is 43.2 Å². The first kappa shape index (κ1) is 27.5. The van der Waals surface area contributed by atoms with Crippen LogP contribution in [0.25, 0.3) is 0 Å². The SMILES string of the molecule is CCCc1ccc2c(c1F)Oc1c(cc(OC(F)(F)c3ccc(C4CCC(CCC)CC4)cc3)c(F)c1F)C2. The lowest BCUT2D eigenvalue weighted by molar-refractivity contribution is -0.187. The smallest absolute Gasteiger partial charge is 0.426 e. The van der Waals surface area contributed by atoms with Gasteiger partial charge in [0.15, 0.2) is 23.1 Å². The molecule has 0 atom stereocenters. The highest BCUT2D eigenvalue weighted by molar-refractivity contribution is 5.54. The highest BCUT2D eigenvalue weighted by atomic mass is 19.3. The summed E-state index contributed by atoms with van der Waals surface area (Å²) < 4.78 is 85.2. The molecule has 39 heavy (non-hydrogen) atoms. The van der Waals surface area contributed by atoms with Crippen LogP contribution in [0, 0.1) is 23.4 Å². The number of hydrogen-bond acceptors (Lipinski definition) is 2. The van der Waals surface area contributed by atoms with Crippen LogP contribution in [-0.2, 0) is 19.0 Å². The summed E-state index contributed by atoms with van der Waals surface area (Å²) in [7, 11) is 0. The summed E-state index contributed by atoms with van der Waals surface area (Å²) in [6.07, 6.45) is 4.01. The number of halogens is 5. The van der Waals surface area contributed by atoms with Crippen LogP contribution in [0.1, 0.15) is 92.5 Å². The van der Waals surface area contributed by atoms with Crippen molar-refractivity contribution in [2.45, 2.75) is 83.7 Å². The normalized spacial score (nSPS) is 18.7. The molecule has 2 aliphatic rings. The fourth-order valence-electron chi connectivity index (χ4n) is 5.95. The summed E-state index contributed by atoms with van der Waals surface area (Å²) in [4.78, 5) is 0. The molecule has 3 aromatic rings. The van der Waals surface area contributed by atoms with E-state index in [4.69, 9.17) is 9.47 Å². The van der Waals surface area contributed by atoms with Gasteiger partial charge >= 0.3 is 6.11 Å². The van der Waals surface area contributed by atoms with Crippen LogP contribution in [0.3, 0.4) is 0 Å². The van der Waals surface area contributed by atoms with Gasteiger partial charge < -0.3 is 9.47 Å². The van der Waals surface area contributed by atoms with E-state index in [1.54, 1.807) is 24.3 Å². The maximum atomic E-state index is 15.1. The molecule has 3 aromatic carbocycles. The molecule has 1 aliphatic carbocycles. The summed E-state index contributed by atoms with van der Waals surface area (Å²) in [6, 6.07) is 10.2. The Balaban J connectivity index is 1.34. The molecule has 0 spiro atoms. The number of hydrogen-bond donors (Lipinski definition) is 0. The molecule has 0 amide bonds. The van der Waals surface area contributed by atoms with E-state index in [-0.39, 0.29) is 17.7 Å². The predicted octanol–water partition coefficient (Wildman–Crippen LogP) is 9.96. The Kier molecular flexibility index (Phi) is 7.88. The molecular weight excluding hydrogens is 511 g/mol. The third-order valence-electron chi connectivity index (χ3n) is 8.07. The van der Waals surface area contributed by atoms with Crippen molar-refractivity contribution in [3.8, 4) is 17.2 Å². The summed E-state index contributed by atoms with van der Waals surface area (Å²) in [5.41, 5.74) is 1.48. The Morgan fingerprint density at radius 1 is 0.821 bits per heavy atom. The highest BCUT2D eigenvalue weighted by Crippen LogP contribution is 2.45. The van der Waals surface area contributed by atoms with Crippen molar-refractivity contribution in [1.82, 2.24) is 0 Å². The first-order chi connectivity index (χ1) is 18.7. The van der Waals surface area contributed by atoms with Crippen molar-refractivity contribution >= 4 is 0 Å². The highest BCUT2D eigenvalue weighted by Gasteiger charge is 2.38. The van der Waals surface area contributed by atoms with E-state index in [0.29, 0.717) is 29.9 Å². The summed E-state index contributed by atoms with van der Waals surface area (Å²) >= 11 is 0. The molecule has 5 rings (SSSR count). The van der Waals surface area contributed by atoms with E-state index in [1.165, 1.54) is 25.0 Å². The van der Waals surface area contributed by atoms with Gasteiger partial charge in [-0.15, -0.1) is 0 Å². The first-order valence-corrected chi connectivity index (χ1v) is 13.9. The molecule has 1 heterocycles. The Labute approximate surface area is 226 Å². The zero-order chi connectivity index (χ0) is 27.7. The minimum atomic E-state index is -3.90. The van der Waals surface area contributed by atoms with E-state index in [2.05, 4.69) is 6.92 Å². The topological polar surface area (TPSA) is 18.5 Å². The van der Waals surface area contributed by atoms with Crippen molar-refractivity contribution < 1.29 is 31.4 Å². The molecule has 2 nitrogen and oxygen atoms in total. The van der Waals surface area contributed by atoms with Gasteiger partial charge in [0.2, 0.25) is 11.6 Å². The molecule has 1 fully saturated rings. The van der Waals surface area contributed by atoms with Crippen molar-refractivity contribution in [2.24, 2.45) is 5.92 Å². The molecule has 208 valence electrons. The molecular formula is C32H33F5O2. The minimum absolute atomic E-state index is 0.0116. The van der Waals surface area contributed by atoms with Gasteiger partial charge in [-0.1, -0.05) is 57.4 Å². The number of benzene rings is 3. The third-order valence-corrected chi connectivity index (χ3v) is 8.07. The average molecular weight is 545 g/mol. The van der Waals surface area contributed by atoms with Crippen LogP contribution in [0.2, 0.25) is 0 Å². The van der Waals surface area contributed by atoms with Gasteiger partial charge in [0.05, 0.1) is 5.56 Å². The number of fused-ring (bicyclic) bond motifs is 2. The van der Waals surface area contributed by atoms with Crippen LogP contribution in [0.4, 0.5) is 22.0 Å². The fourth-order valence-corrected chi connectivity index (χ4v) is 5.95. The van der Waals surface area contributed by atoms with E-state index < -0.39 is 40.6 Å². The van der Waals surface area contributed by atoms with Crippen molar-refractivity contribution in [2.75, 3.05) is 0 Å². The number of alkyl halides is 2. The molecule has 0 radical (unpaired) electrons. The van der Waals surface area contributed by atoms with Gasteiger partial charge in [-0.3, -0.25) is 0 Å². The standard InChI is InChI=1S/C32H33F5O2/c1-3-5-19-7-9-20(10-8-19)21-13-15-25(16-14-21)32(36,37)39-26-18-24-17-23-12-11-22(6-4-2)27(33)30(23)38-31(24)29(35)28(26)34/h11-16,18-20H,3-10,17H2,1-2H3. The lowest BCUT2D eigenvalue weighted by Gasteiger charge is -2.29. The van der Waals surface area contributed by atoms with Gasteiger partial charge in [-0.05, 0) is 73.3 Å². The van der Waals surface area contributed by atoms with Crippen LogP contribution in [0.5, 0.6) is 17.2 Å². The zero-order valence-electron chi connectivity index (χ0n) is 22.3. The summed E-state index contributed by atoms with van der Waals surface area (Å²) in [6.45, 7) is 4.09. The van der Waals surface area contributed by atoms with Gasteiger partial charge in [0.1, 0.15) is 0 Å². The second kappa shape index (κ2) is 11.2. The van der Waals surface area contributed by atoms with Gasteiger partial charge in [-0.25, -0.2) is 4.39 Å². The maximum Gasteiger partial charge on any atom is 0.426 e. The Morgan fingerprint density at radius 3 is 2.18 bits per heavy atom. The zero-order valence-corrected chi connectivity index (χ0v) is 22.3. The van der Waals surface area contributed by atoms with E-state index in [1.807, 2.05) is 6.92 Å². The Bertz CT molecular complexity index is 1330. The minimum Gasteiger partial charge on any atom is -0.450 e. The Hall–Kier alpha value is -3.09. The monoisotopic (exact) mass is 544 g/mol. The van der Waals surface area contributed by atoms with Gasteiger partial charge in [-0.2, -0.15) is 17.6 Å². The quantitative estimate of drug-likeness (QED) is 0.206. The van der Waals surface area contributed by atoms with Crippen LogP contribution in [0.15, 0.2) is 42.5 Å². The van der Waals surface area contributed by atoms with E-state index >= 15 is 8.78 Å². The van der Waals surface area contributed by atoms with Crippen LogP contribution >= 0.6 is 0 Å². The maximum absolute atomic E-state index is 15.1. The van der Waals surface area contributed by atoms with Crippen molar-refractivity contribution in [1.29, 1.82) is 0 Å². The molecule has 7 heteroatoms. The van der Waals surface area contributed by atoms with Crippen LogP contribution in [-0.4, -0.2) is 0 Å². The summed E-state index contributed by atoms with van der Waals surface area (Å²) in [5, 5.41) is 0. The molecule has 1 aliphatic heterocycles. The molecule has 0 aromatic heterocycles. The second-order valence-electron chi connectivity index (χ2n) is 10.8. The van der Waals surface area contributed by atoms with Crippen molar-refractivity contribution in [3.63, 3.8) is 0 Å². The molecule has 0 unspecified atom stereocenters. The molecule has 1 saturated carbocycles. The number of ether oxygens (including phenoxy) is 2. The molecule has 0 N–H and O–H groups in total. The average Bonchev–Trinajstić information content (AvgIpc) is 2.93. The lowest BCUT2D eigenvalue weighted by Crippen LogP contribution is -2.23. The lowest BCUT2D eigenvalue weighted by atomic mass is 9.77. The molecule has 0 saturated heterocycles. The second-order valence-corrected chi connectivity index (χ2v) is 10.8. The largest absolute Gasteiger partial charge is 0.450 e. The van der Waals surface area contributed by atoms with Gasteiger partial charge in [0, 0.05) is 17.5 Å². The van der Waals surface area contributed by atoms with E-state index in [9.17, 15) is 13.2 Å². The van der Waals surface area contributed by atoms with Crippen molar-refractivity contribution in [3.05, 3.63) is 87.7 Å². The first-order valence-electron chi connectivity index (χ1n) is 13.9. The number of rotatable bonds is 8. The Morgan fingerprint density at radius 2 is 1.51 bits per heavy atom.